The van der Waals surface area contributed by atoms with Gasteiger partial charge in [-0.15, -0.1) is 0 Å². The van der Waals surface area contributed by atoms with Gasteiger partial charge in [0, 0.05) is 25.3 Å². The second kappa shape index (κ2) is 9.70. The minimum atomic E-state index is -0.154. The number of rotatable bonds is 9. The zero-order chi connectivity index (χ0) is 18.9. The molecular formula is C21H28N2O3. The van der Waals surface area contributed by atoms with Crippen molar-refractivity contribution in [2.45, 2.75) is 20.3 Å². The summed E-state index contributed by atoms with van der Waals surface area (Å²) < 4.78 is 10.6. The van der Waals surface area contributed by atoms with Crippen molar-refractivity contribution < 1.29 is 14.3 Å². The summed E-state index contributed by atoms with van der Waals surface area (Å²) in [4.78, 5) is 14.8. The lowest BCUT2D eigenvalue weighted by molar-refractivity contribution is 0.0949. The summed E-state index contributed by atoms with van der Waals surface area (Å²) in [5.41, 5.74) is 2.95. The lowest BCUT2D eigenvalue weighted by atomic mass is 10.1. The quantitative estimate of drug-likeness (QED) is 0.697. The first kappa shape index (κ1) is 19.6. The molecule has 0 atom stereocenters. The molecule has 0 saturated carbocycles. The van der Waals surface area contributed by atoms with Gasteiger partial charge in [0.05, 0.1) is 19.8 Å². The van der Waals surface area contributed by atoms with E-state index in [1.807, 2.05) is 0 Å². The van der Waals surface area contributed by atoms with Crippen molar-refractivity contribution >= 4 is 11.6 Å². The van der Waals surface area contributed by atoms with Gasteiger partial charge in [-0.2, -0.15) is 0 Å². The number of nitrogens with zero attached hydrogens (tertiary/aromatic N) is 1. The summed E-state index contributed by atoms with van der Waals surface area (Å²) in [7, 11) is 3.10. The summed E-state index contributed by atoms with van der Waals surface area (Å²) in [5, 5.41) is 2.96. The molecule has 0 radical (unpaired) electrons. The Morgan fingerprint density at radius 1 is 1.08 bits per heavy atom. The van der Waals surface area contributed by atoms with Crippen molar-refractivity contribution in [3.8, 4) is 11.5 Å². The number of hydrogen-bond donors (Lipinski definition) is 1. The largest absolute Gasteiger partial charge is 0.493 e. The second-order valence-electron chi connectivity index (χ2n) is 6.07. The normalized spacial score (nSPS) is 10.3. The van der Waals surface area contributed by atoms with E-state index in [1.54, 1.807) is 25.3 Å². The third-order valence-electron chi connectivity index (χ3n) is 4.32. The van der Waals surface area contributed by atoms with Crippen LogP contribution in [0.3, 0.4) is 0 Å². The number of para-hydroxylation sites is 1. The molecule has 0 spiro atoms. The highest BCUT2D eigenvalue weighted by molar-refractivity contribution is 5.97. The molecule has 0 saturated heterocycles. The lowest BCUT2D eigenvalue weighted by Crippen LogP contribution is -2.30. The van der Waals surface area contributed by atoms with Gasteiger partial charge in [0.25, 0.3) is 5.91 Å². The van der Waals surface area contributed by atoms with Crippen LogP contribution in [0.4, 0.5) is 5.69 Å². The zero-order valence-electron chi connectivity index (χ0n) is 16.0. The molecule has 140 valence electrons. The van der Waals surface area contributed by atoms with Crippen LogP contribution in [-0.2, 0) is 0 Å². The van der Waals surface area contributed by atoms with Gasteiger partial charge in [-0.3, -0.25) is 4.79 Å². The Kier molecular flexibility index (Phi) is 7.33. The number of amides is 1. The number of carbonyl (C=O) groups is 1. The summed E-state index contributed by atoms with van der Waals surface area (Å²) in [6.07, 6.45) is 0.861. The predicted molar refractivity (Wildman–Crippen MR) is 106 cm³/mol. The fourth-order valence-corrected chi connectivity index (χ4v) is 2.86. The maximum absolute atomic E-state index is 12.5. The lowest BCUT2D eigenvalue weighted by Gasteiger charge is -2.23. The van der Waals surface area contributed by atoms with Gasteiger partial charge in [0.15, 0.2) is 11.5 Å². The predicted octanol–water partition coefficient (Wildman–Crippen LogP) is 3.66. The molecule has 5 heteroatoms. The number of anilines is 1. The first-order chi connectivity index (χ1) is 12.6. The van der Waals surface area contributed by atoms with Crippen LogP contribution in [0.5, 0.6) is 11.5 Å². The van der Waals surface area contributed by atoms with Gasteiger partial charge in [0.1, 0.15) is 0 Å². The molecule has 0 bridgehead atoms. The number of hydrogen-bond acceptors (Lipinski definition) is 4. The fraction of sp³-hybridized carbons (Fsp3) is 0.381. The average Bonchev–Trinajstić information content (AvgIpc) is 2.68. The second-order valence-corrected chi connectivity index (χ2v) is 6.07. The molecule has 2 aromatic carbocycles. The van der Waals surface area contributed by atoms with Crippen molar-refractivity contribution in [1.29, 1.82) is 0 Å². The Morgan fingerprint density at radius 2 is 1.81 bits per heavy atom. The van der Waals surface area contributed by atoms with Crippen LogP contribution >= 0.6 is 0 Å². The van der Waals surface area contributed by atoms with E-state index in [9.17, 15) is 4.79 Å². The highest BCUT2D eigenvalue weighted by atomic mass is 16.5. The number of benzene rings is 2. The van der Waals surface area contributed by atoms with E-state index >= 15 is 0 Å². The fourth-order valence-electron chi connectivity index (χ4n) is 2.86. The van der Waals surface area contributed by atoms with E-state index in [0.29, 0.717) is 23.6 Å². The van der Waals surface area contributed by atoms with E-state index in [0.717, 1.165) is 19.5 Å². The molecule has 1 amide bonds. The smallest absolute Gasteiger partial charge is 0.255 e. The van der Waals surface area contributed by atoms with Crippen LogP contribution < -0.4 is 19.7 Å². The van der Waals surface area contributed by atoms with E-state index < -0.39 is 0 Å². The van der Waals surface area contributed by atoms with E-state index in [2.05, 4.69) is 48.3 Å². The van der Waals surface area contributed by atoms with Gasteiger partial charge in [-0.1, -0.05) is 23.8 Å². The first-order valence-electron chi connectivity index (χ1n) is 8.91. The molecule has 2 aromatic rings. The van der Waals surface area contributed by atoms with Crippen molar-refractivity contribution in [2.75, 3.05) is 38.8 Å². The Morgan fingerprint density at radius 3 is 2.42 bits per heavy atom. The molecule has 0 aromatic heterocycles. The molecule has 0 fully saturated rings. The molecule has 5 nitrogen and oxygen atoms in total. The molecule has 0 heterocycles. The molecule has 0 aliphatic carbocycles. The van der Waals surface area contributed by atoms with Crippen LogP contribution in [0.2, 0.25) is 0 Å². The minimum Gasteiger partial charge on any atom is -0.493 e. The number of ether oxygens (including phenoxy) is 2. The zero-order valence-corrected chi connectivity index (χ0v) is 16.0. The highest BCUT2D eigenvalue weighted by Crippen LogP contribution is 2.30. The van der Waals surface area contributed by atoms with Gasteiger partial charge < -0.3 is 19.7 Å². The number of aryl methyl sites for hydroxylation is 1. The SMILES string of the molecule is CCN(CCCNC(=O)c1cccc(OC)c1OC)c1ccc(C)cc1. The Hall–Kier alpha value is -2.69. The Bertz CT molecular complexity index is 714. The third-order valence-corrected chi connectivity index (χ3v) is 4.32. The van der Waals surface area contributed by atoms with Crippen molar-refractivity contribution in [2.24, 2.45) is 0 Å². The Labute approximate surface area is 155 Å². The van der Waals surface area contributed by atoms with Gasteiger partial charge in [-0.25, -0.2) is 0 Å². The molecule has 0 unspecified atom stereocenters. The van der Waals surface area contributed by atoms with E-state index in [1.165, 1.54) is 18.4 Å². The highest BCUT2D eigenvalue weighted by Gasteiger charge is 2.15. The third kappa shape index (κ3) is 4.91. The van der Waals surface area contributed by atoms with Gasteiger partial charge in [-0.05, 0) is 44.5 Å². The molecule has 0 aliphatic rings. The van der Waals surface area contributed by atoms with Crippen LogP contribution in [0.1, 0.15) is 29.3 Å². The standard InChI is InChI=1S/C21H28N2O3/c1-5-23(17-12-10-16(2)11-13-17)15-7-14-22-21(24)18-8-6-9-19(25-3)20(18)26-4/h6,8-13H,5,7,14-15H2,1-4H3,(H,22,24). The van der Waals surface area contributed by atoms with Crippen LogP contribution in [-0.4, -0.2) is 39.8 Å². The summed E-state index contributed by atoms with van der Waals surface area (Å²) in [6, 6.07) is 13.8. The minimum absolute atomic E-state index is 0.154. The Balaban J connectivity index is 1.89. The molecular weight excluding hydrogens is 328 g/mol. The number of methoxy groups -OCH3 is 2. The number of carbonyl (C=O) groups excluding carboxylic acids is 1. The van der Waals surface area contributed by atoms with E-state index in [4.69, 9.17) is 9.47 Å². The van der Waals surface area contributed by atoms with Gasteiger partial charge >= 0.3 is 0 Å². The van der Waals surface area contributed by atoms with Crippen LogP contribution in [0, 0.1) is 6.92 Å². The first-order valence-corrected chi connectivity index (χ1v) is 8.91. The maximum atomic E-state index is 12.5. The topological polar surface area (TPSA) is 50.8 Å². The van der Waals surface area contributed by atoms with Gasteiger partial charge in [0.2, 0.25) is 0 Å². The molecule has 2 rings (SSSR count). The maximum Gasteiger partial charge on any atom is 0.255 e. The van der Waals surface area contributed by atoms with E-state index in [-0.39, 0.29) is 5.91 Å². The van der Waals surface area contributed by atoms with Crippen molar-refractivity contribution in [1.82, 2.24) is 5.32 Å². The monoisotopic (exact) mass is 356 g/mol. The number of nitrogens with one attached hydrogen (secondary N) is 1. The molecule has 26 heavy (non-hydrogen) atoms. The summed E-state index contributed by atoms with van der Waals surface area (Å²) >= 11 is 0. The molecule has 0 aliphatic heterocycles. The van der Waals surface area contributed by atoms with Crippen molar-refractivity contribution in [3.05, 3.63) is 53.6 Å². The van der Waals surface area contributed by atoms with Crippen LogP contribution in [0.25, 0.3) is 0 Å². The molecule has 1 N–H and O–H groups in total. The summed E-state index contributed by atoms with van der Waals surface area (Å²) in [5.74, 6) is 0.859. The van der Waals surface area contributed by atoms with Crippen LogP contribution in [0.15, 0.2) is 42.5 Å². The summed E-state index contributed by atoms with van der Waals surface area (Å²) in [6.45, 7) is 6.64. The average molecular weight is 356 g/mol. The van der Waals surface area contributed by atoms with Crippen molar-refractivity contribution in [3.63, 3.8) is 0 Å².